The molecule has 0 atom stereocenters. The van der Waals surface area contributed by atoms with Crippen LogP contribution in [-0.4, -0.2) is 54.4 Å². The Morgan fingerprint density at radius 1 is 0.969 bits per heavy atom. The summed E-state index contributed by atoms with van der Waals surface area (Å²) in [5.41, 5.74) is 3.97. The average Bonchev–Trinajstić information content (AvgIpc) is 3.26. The Hall–Kier alpha value is -3.03. The van der Waals surface area contributed by atoms with E-state index in [4.69, 9.17) is 14.2 Å². The van der Waals surface area contributed by atoms with Crippen LogP contribution in [-0.2, 0) is 13.1 Å². The molecule has 0 spiro atoms. The monoisotopic (exact) mass is 435 g/mol. The van der Waals surface area contributed by atoms with Gasteiger partial charge in [-0.15, -0.1) is 0 Å². The number of fused-ring (bicyclic) bond motifs is 2. The fourth-order valence-corrected chi connectivity index (χ4v) is 4.50. The maximum atomic E-state index is 13.2. The van der Waals surface area contributed by atoms with Gasteiger partial charge in [0.15, 0.2) is 16.9 Å². The van der Waals surface area contributed by atoms with Gasteiger partial charge in [-0.3, -0.25) is 14.6 Å². The predicted octanol–water partition coefficient (Wildman–Crippen LogP) is 3.28. The van der Waals surface area contributed by atoms with Crippen molar-refractivity contribution in [1.82, 2.24) is 14.8 Å². The van der Waals surface area contributed by atoms with Crippen LogP contribution in [0.4, 0.5) is 0 Å². The Morgan fingerprint density at radius 3 is 2.50 bits per heavy atom. The van der Waals surface area contributed by atoms with Crippen LogP contribution in [0.5, 0.6) is 17.2 Å². The van der Waals surface area contributed by atoms with E-state index in [9.17, 15) is 4.79 Å². The first-order valence-corrected chi connectivity index (χ1v) is 11.2. The van der Waals surface area contributed by atoms with Crippen molar-refractivity contribution in [2.24, 2.45) is 0 Å². The van der Waals surface area contributed by atoms with Crippen molar-refractivity contribution in [1.29, 1.82) is 0 Å². The van der Waals surface area contributed by atoms with Crippen molar-refractivity contribution in [3.63, 3.8) is 0 Å². The lowest BCUT2D eigenvalue weighted by molar-refractivity contribution is 0.121. The van der Waals surface area contributed by atoms with E-state index in [1.807, 2.05) is 38.1 Å². The van der Waals surface area contributed by atoms with Crippen molar-refractivity contribution in [2.45, 2.75) is 26.9 Å². The van der Waals surface area contributed by atoms with Crippen LogP contribution >= 0.6 is 0 Å². The Morgan fingerprint density at radius 2 is 1.72 bits per heavy atom. The van der Waals surface area contributed by atoms with Crippen LogP contribution in [0.1, 0.15) is 23.7 Å². The maximum absolute atomic E-state index is 13.2. The number of H-pyrrole nitrogens is 1. The number of pyridine rings is 1. The highest BCUT2D eigenvalue weighted by atomic mass is 16.7. The Labute approximate surface area is 187 Å². The summed E-state index contributed by atoms with van der Waals surface area (Å²) in [7, 11) is 0. The van der Waals surface area contributed by atoms with E-state index in [1.165, 1.54) is 5.56 Å². The standard InChI is InChI=1S/C25H29N3O4/c1-3-30-19-5-6-22-20(13-19)25(29)21(17(2)26-22)15-28-10-8-27(9-11-28)14-18-4-7-23-24(12-18)32-16-31-23/h4-7,12-13H,3,8-11,14-16H2,1-2H3,(H,26,29). The van der Waals surface area contributed by atoms with Crippen LogP contribution in [0.2, 0.25) is 0 Å². The molecule has 0 radical (unpaired) electrons. The van der Waals surface area contributed by atoms with E-state index < -0.39 is 0 Å². The van der Waals surface area contributed by atoms with Gasteiger partial charge in [-0.25, -0.2) is 0 Å². The number of nitrogens with zero attached hydrogens (tertiary/aromatic N) is 2. The molecular formula is C25H29N3O4. The molecule has 2 aliphatic rings. The van der Waals surface area contributed by atoms with E-state index in [0.717, 1.165) is 66.7 Å². The summed E-state index contributed by atoms with van der Waals surface area (Å²) in [6, 6.07) is 11.8. The highest BCUT2D eigenvalue weighted by Crippen LogP contribution is 2.33. The first-order valence-electron chi connectivity index (χ1n) is 11.2. The second kappa shape index (κ2) is 8.84. The van der Waals surface area contributed by atoms with E-state index >= 15 is 0 Å². The molecule has 32 heavy (non-hydrogen) atoms. The Balaban J connectivity index is 1.25. The number of hydrogen-bond acceptors (Lipinski definition) is 6. The Kier molecular flexibility index (Phi) is 5.76. The number of aromatic amines is 1. The number of aromatic nitrogens is 1. The molecule has 3 aromatic rings. The van der Waals surface area contributed by atoms with E-state index in [2.05, 4.69) is 26.9 Å². The zero-order valence-electron chi connectivity index (χ0n) is 18.6. The summed E-state index contributed by atoms with van der Waals surface area (Å²) in [6.07, 6.45) is 0. The SMILES string of the molecule is CCOc1ccc2[nH]c(C)c(CN3CCN(Cc4ccc5c(c4)OCO5)CC3)c(=O)c2c1. The second-order valence-corrected chi connectivity index (χ2v) is 8.44. The van der Waals surface area contributed by atoms with E-state index in [1.54, 1.807) is 0 Å². The molecule has 1 aromatic heterocycles. The van der Waals surface area contributed by atoms with E-state index in [0.29, 0.717) is 25.3 Å². The molecule has 3 heterocycles. The van der Waals surface area contributed by atoms with Gasteiger partial charge in [0.2, 0.25) is 6.79 Å². The molecule has 0 bridgehead atoms. The number of piperazine rings is 1. The summed E-state index contributed by atoms with van der Waals surface area (Å²) in [5, 5.41) is 0.693. The van der Waals surface area contributed by atoms with Gasteiger partial charge in [-0.1, -0.05) is 6.07 Å². The van der Waals surface area contributed by atoms with Crippen molar-refractivity contribution < 1.29 is 14.2 Å². The molecule has 0 unspecified atom stereocenters. The minimum Gasteiger partial charge on any atom is -0.494 e. The van der Waals surface area contributed by atoms with Gasteiger partial charge in [0.05, 0.1) is 6.61 Å². The van der Waals surface area contributed by atoms with Gasteiger partial charge in [0.25, 0.3) is 0 Å². The first-order chi connectivity index (χ1) is 15.6. The zero-order valence-corrected chi connectivity index (χ0v) is 18.6. The van der Waals surface area contributed by atoms with Gasteiger partial charge >= 0.3 is 0 Å². The van der Waals surface area contributed by atoms with Crippen molar-refractivity contribution >= 4 is 10.9 Å². The molecule has 1 N–H and O–H groups in total. The van der Waals surface area contributed by atoms with Crippen LogP contribution in [0, 0.1) is 6.92 Å². The molecule has 7 nitrogen and oxygen atoms in total. The summed E-state index contributed by atoms with van der Waals surface area (Å²) >= 11 is 0. The fraction of sp³-hybridized carbons (Fsp3) is 0.400. The molecular weight excluding hydrogens is 406 g/mol. The minimum absolute atomic E-state index is 0.0978. The molecule has 0 saturated carbocycles. The molecule has 168 valence electrons. The molecule has 1 saturated heterocycles. The zero-order chi connectivity index (χ0) is 22.1. The topological polar surface area (TPSA) is 67.0 Å². The lowest BCUT2D eigenvalue weighted by Gasteiger charge is -2.34. The summed E-state index contributed by atoms with van der Waals surface area (Å²) in [6.45, 7) is 10.2. The van der Waals surface area contributed by atoms with Crippen LogP contribution in [0.15, 0.2) is 41.2 Å². The van der Waals surface area contributed by atoms with Crippen molar-refractivity contribution in [2.75, 3.05) is 39.6 Å². The molecule has 0 aliphatic carbocycles. The molecule has 1 fully saturated rings. The van der Waals surface area contributed by atoms with Gasteiger partial charge in [0, 0.05) is 61.4 Å². The number of rotatable bonds is 6. The number of nitrogens with one attached hydrogen (secondary N) is 1. The molecule has 0 amide bonds. The minimum atomic E-state index is 0.0978. The van der Waals surface area contributed by atoms with Gasteiger partial charge < -0.3 is 19.2 Å². The molecule has 2 aliphatic heterocycles. The molecule has 2 aromatic carbocycles. The molecule has 5 rings (SSSR count). The number of aryl methyl sites for hydroxylation is 1. The lowest BCUT2D eigenvalue weighted by Crippen LogP contribution is -2.46. The smallest absolute Gasteiger partial charge is 0.231 e. The first kappa shape index (κ1) is 20.8. The van der Waals surface area contributed by atoms with Gasteiger partial charge in [-0.2, -0.15) is 0 Å². The maximum Gasteiger partial charge on any atom is 0.231 e. The van der Waals surface area contributed by atoms with Crippen LogP contribution in [0.3, 0.4) is 0 Å². The summed E-state index contributed by atoms with van der Waals surface area (Å²) in [4.78, 5) is 21.5. The number of ether oxygens (including phenoxy) is 3. The quantitative estimate of drug-likeness (QED) is 0.641. The second-order valence-electron chi connectivity index (χ2n) is 8.44. The molecule has 7 heteroatoms. The number of hydrogen-bond donors (Lipinski definition) is 1. The lowest BCUT2D eigenvalue weighted by atomic mass is 10.1. The third kappa shape index (κ3) is 4.18. The Bertz CT molecular complexity index is 1180. The third-order valence-electron chi connectivity index (χ3n) is 6.29. The third-order valence-corrected chi connectivity index (χ3v) is 6.29. The van der Waals surface area contributed by atoms with Gasteiger partial charge in [0.1, 0.15) is 5.75 Å². The highest BCUT2D eigenvalue weighted by molar-refractivity contribution is 5.81. The van der Waals surface area contributed by atoms with Crippen LogP contribution in [0.25, 0.3) is 10.9 Å². The number of benzene rings is 2. The fourth-order valence-electron chi connectivity index (χ4n) is 4.50. The van der Waals surface area contributed by atoms with Gasteiger partial charge in [-0.05, 0) is 49.7 Å². The van der Waals surface area contributed by atoms with Crippen molar-refractivity contribution in [3.05, 3.63) is 63.4 Å². The summed E-state index contributed by atoms with van der Waals surface area (Å²) < 4.78 is 16.5. The highest BCUT2D eigenvalue weighted by Gasteiger charge is 2.21. The largest absolute Gasteiger partial charge is 0.494 e. The normalized spacial score (nSPS) is 16.6. The summed E-state index contributed by atoms with van der Waals surface area (Å²) in [5.74, 6) is 2.39. The van der Waals surface area contributed by atoms with Crippen LogP contribution < -0.4 is 19.6 Å². The van der Waals surface area contributed by atoms with E-state index in [-0.39, 0.29) is 5.43 Å². The predicted molar refractivity (Wildman–Crippen MR) is 124 cm³/mol. The van der Waals surface area contributed by atoms with Crippen molar-refractivity contribution in [3.8, 4) is 17.2 Å². The average molecular weight is 436 g/mol.